The van der Waals surface area contributed by atoms with Gasteiger partial charge in [0.1, 0.15) is 5.54 Å². The topological polar surface area (TPSA) is 56.1 Å². The summed E-state index contributed by atoms with van der Waals surface area (Å²) in [7, 11) is 0. The molecule has 0 aromatic carbocycles. The van der Waals surface area contributed by atoms with Crippen molar-refractivity contribution in [1.29, 1.82) is 5.26 Å². The Kier molecular flexibility index (Phi) is 4.23. The first-order valence-corrected chi connectivity index (χ1v) is 7.08. The third kappa shape index (κ3) is 3.23. The molecule has 1 aliphatic heterocycles. The molecule has 0 aromatic rings. The lowest BCUT2D eigenvalue weighted by atomic mass is 9.99. The summed E-state index contributed by atoms with van der Waals surface area (Å²) in [6, 6.07) is 2.30. The molecule has 2 aliphatic rings. The Labute approximate surface area is 109 Å². The maximum absolute atomic E-state index is 12.0. The van der Waals surface area contributed by atoms with Crippen LogP contribution in [0.2, 0.25) is 0 Å². The molecule has 18 heavy (non-hydrogen) atoms. The maximum atomic E-state index is 12.0. The van der Waals surface area contributed by atoms with Crippen LogP contribution in [0.4, 0.5) is 0 Å². The minimum Gasteiger partial charge on any atom is -0.337 e. The lowest BCUT2D eigenvalue weighted by Gasteiger charge is -2.31. The third-order valence-corrected chi connectivity index (χ3v) is 4.16. The second-order valence-electron chi connectivity index (χ2n) is 5.93. The van der Waals surface area contributed by atoms with E-state index >= 15 is 0 Å². The number of carbonyl (C=O) groups excluding carboxylic acids is 1. The Morgan fingerprint density at radius 1 is 1.44 bits per heavy atom. The van der Waals surface area contributed by atoms with E-state index in [1.807, 2.05) is 0 Å². The number of rotatable bonds is 3. The molecule has 0 bridgehead atoms. The summed E-state index contributed by atoms with van der Waals surface area (Å²) in [4.78, 5) is 14.2. The number of hydrogen-bond acceptors (Lipinski definition) is 3. The van der Waals surface area contributed by atoms with E-state index in [4.69, 9.17) is 0 Å². The van der Waals surface area contributed by atoms with E-state index in [1.54, 1.807) is 0 Å². The van der Waals surface area contributed by atoms with Gasteiger partial charge in [-0.1, -0.05) is 6.92 Å². The molecule has 1 atom stereocenters. The first kappa shape index (κ1) is 13.4. The smallest absolute Gasteiger partial charge is 0.235 e. The molecular formula is C14H23N3O. The van der Waals surface area contributed by atoms with Crippen LogP contribution in [-0.2, 0) is 4.79 Å². The van der Waals surface area contributed by atoms with Crippen molar-refractivity contribution >= 4 is 5.91 Å². The molecule has 1 amide bonds. The second kappa shape index (κ2) is 5.71. The number of piperidine rings is 1. The number of nitrogens with zero attached hydrogens (tertiary/aromatic N) is 2. The van der Waals surface area contributed by atoms with E-state index < -0.39 is 5.54 Å². The number of likely N-dealkylation sites (tertiary alicyclic amines) is 1. The van der Waals surface area contributed by atoms with E-state index in [0.717, 1.165) is 38.8 Å². The van der Waals surface area contributed by atoms with Gasteiger partial charge in [0.2, 0.25) is 5.91 Å². The van der Waals surface area contributed by atoms with E-state index in [0.29, 0.717) is 12.5 Å². The number of amides is 1. The zero-order chi connectivity index (χ0) is 13.0. The monoisotopic (exact) mass is 249 g/mol. The zero-order valence-corrected chi connectivity index (χ0v) is 11.2. The molecule has 100 valence electrons. The minimum atomic E-state index is -0.571. The largest absolute Gasteiger partial charge is 0.337 e. The molecule has 1 aliphatic carbocycles. The molecular weight excluding hydrogens is 226 g/mol. The normalized spacial score (nSPS) is 27.7. The van der Waals surface area contributed by atoms with Crippen molar-refractivity contribution in [1.82, 2.24) is 10.2 Å². The van der Waals surface area contributed by atoms with Crippen molar-refractivity contribution < 1.29 is 4.79 Å². The molecule has 0 spiro atoms. The number of nitriles is 1. The lowest BCUT2D eigenvalue weighted by molar-refractivity contribution is -0.124. The molecule has 4 heteroatoms. The minimum absolute atomic E-state index is 0.0209. The first-order chi connectivity index (χ1) is 8.63. The SMILES string of the molecule is C[C@@H]1CCCN(CC(=O)NC2(C#N)CCCC2)C1. The average Bonchev–Trinajstić information content (AvgIpc) is 2.78. The van der Waals surface area contributed by atoms with Gasteiger partial charge < -0.3 is 5.32 Å². The summed E-state index contributed by atoms with van der Waals surface area (Å²) >= 11 is 0. The van der Waals surface area contributed by atoms with Crippen LogP contribution < -0.4 is 5.32 Å². The highest BCUT2D eigenvalue weighted by Crippen LogP contribution is 2.28. The van der Waals surface area contributed by atoms with Gasteiger partial charge >= 0.3 is 0 Å². The molecule has 1 saturated heterocycles. The summed E-state index contributed by atoms with van der Waals surface area (Å²) in [6.07, 6.45) is 6.17. The van der Waals surface area contributed by atoms with Crippen molar-refractivity contribution in [3.8, 4) is 6.07 Å². The number of carbonyl (C=O) groups is 1. The van der Waals surface area contributed by atoms with Crippen LogP contribution in [0.25, 0.3) is 0 Å². The molecule has 4 nitrogen and oxygen atoms in total. The number of hydrogen-bond donors (Lipinski definition) is 1. The fourth-order valence-corrected chi connectivity index (χ4v) is 3.18. The van der Waals surface area contributed by atoms with Gasteiger partial charge in [-0.15, -0.1) is 0 Å². The van der Waals surface area contributed by atoms with Crippen LogP contribution in [0.15, 0.2) is 0 Å². The summed E-state index contributed by atoms with van der Waals surface area (Å²) in [5.41, 5.74) is -0.571. The van der Waals surface area contributed by atoms with Crippen LogP contribution >= 0.6 is 0 Å². The van der Waals surface area contributed by atoms with Crippen molar-refractivity contribution in [2.75, 3.05) is 19.6 Å². The quantitative estimate of drug-likeness (QED) is 0.827. The highest BCUT2D eigenvalue weighted by molar-refractivity contribution is 5.79. The van der Waals surface area contributed by atoms with E-state index in [2.05, 4.69) is 23.2 Å². The predicted molar refractivity (Wildman–Crippen MR) is 69.8 cm³/mol. The third-order valence-electron chi connectivity index (χ3n) is 4.16. The van der Waals surface area contributed by atoms with Gasteiger partial charge in [-0.25, -0.2) is 0 Å². The van der Waals surface area contributed by atoms with Gasteiger partial charge in [-0.3, -0.25) is 9.69 Å². The van der Waals surface area contributed by atoms with E-state index in [9.17, 15) is 10.1 Å². The molecule has 0 aromatic heterocycles. The summed E-state index contributed by atoms with van der Waals surface area (Å²) < 4.78 is 0. The van der Waals surface area contributed by atoms with Gasteiger partial charge in [0.05, 0.1) is 12.6 Å². The molecule has 2 fully saturated rings. The van der Waals surface area contributed by atoms with Crippen LogP contribution in [0.1, 0.15) is 45.4 Å². The van der Waals surface area contributed by atoms with Gasteiger partial charge in [0.25, 0.3) is 0 Å². The highest BCUT2D eigenvalue weighted by atomic mass is 16.2. The van der Waals surface area contributed by atoms with Crippen LogP contribution in [0.3, 0.4) is 0 Å². The molecule has 0 unspecified atom stereocenters. The van der Waals surface area contributed by atoms with Crippen molar-refractivity contribution in [2.24, 2.45) is 5.92 Å². The van der Waals surface area contributed by atoms with Crippen molar-refractivity contribution in [2.45, 2.75) is 51.0 Å². The van der Waals surface area contributed by atoms with E-state index in [-0.39, 0.29) is 5.91 Å². The Balaban J connectivity index is 1.83. The Bertz CT molecular complexity index is 341. The zero-order valence-electron chi connectivity index (χ0n) is 11.2. The summed E-state index contributed by atoms with van der Waals surface area (Å²) in [6.45, 7) is 4.70. The summed E-state index contributed by atoms with van der Waals surface area (Å²) in [5.74, 6) is 0.704. The van der Waals surface area contributed by atoms with Gasteiger partial charge in [0, 0.05) is 6.54 Å². The maximum Gasteiger partial charge on any atom is 0.235 e. The molecule has 1 heterocycles. The Morgan fingerprint density at radius 2 is 2.17 bits per heavy atom. The van der Waals surface area contributed by atoms with E-state index in [1.165, 1.54) is 12.8 Å². The summed E-state index contributed by atoms with van der Waals surface area (Å²) in [5, 5.41) is 12.2. The molecule has 0 radical (unpaired) electrons. The predicted octanol–water partition coefficient (Wildman–Crippen LogP) is 1.67. The van der Waals surface area contributed by atoms with Crippen LogP contribution in [0, 0.1) is 17.2 Å². The van der Waals surface area contributed by atoms with Gasteiger partial charge in [0.15, 0.2) is 0 Å². The van der Waals surface area contributed by atoms with Gasteiger partial charge in [-0.2, -0.15) is 5.26 Å². The molecule has 2 rings (SSSR count). The van der Waals surface area contributed by atoms with Crippen molar-refractivity contribution in [3.63, 3.8) is 0 Å². The fourth-order valence-electron chi connectivity index (χ4n) is 3.18. The standard InChI is InChI=1S/C14H23N3O/c1-12-5-4-8-17(9-12)10-13(18)16-14(11-15)6-2-3-7-14/h12H,2-10H2,1H3,(H,16,18)/t12-/m1/s1. The van der Waals surface area contributed by atoms with Crippen LogP contribution in [-0.4, -0.2) is 36.0 Å². The molecule has 1 saturated carbocycles. The second-order valence-corrected chi connectivity index (χ2v) is 5.93. The highest BCUT2D eigenvalue weighted by Gasteiger charge is 2.35. The lowest BCUT2D eigenvalue weighted by Crippen LogP contribution is -2.50. The van der Waals surface area contributed by atoms with Crippen molar-refractivity contribution in [3.05, 3.63) is 0 Å². The van der Waals surface area contributed by atoms with Crippen LogP contribution in [0.5, 0.6) is 0 Å². The Hall–Kier alpha value is -1.08. The Morgan fingerprint density at radius 3 is 2.78 bits per heavy atom. The fraction of sp³-hybridized carbons (Fsp3) is 0.857. The average molecular weight is 249 g/mol. The number of nitrogens with one attached hydrogen (secondary N) is 1. The van der Waals surface area contributed by atoms with Gasteiger partial charge in [-0.05, 0) is 51.0 Å². The molecule has 1 N–H and O–H groups in total. The first-order valence-electron chi connectivity index (χ1n) is 7.08.